The first-order chi connectivity index (χ1) is 15.7. The van der Waals surface area contributed by atoms with Gasteiger partial charge < -0.3 is 9.64 Å². The van der Waals surface area contributed by atoms with Crippen LogP contribution >= 0.6 is 23.2 Å². The topological polar surface area (TPSA) is 82.3 Å². The predicted molar refractivity (Wildman–Crippen MR) is 130 cm³/mol. The van der Waals surface area contributed by atoms with E-state index < -0.39 is 17.7 Å². The number of anilines is 1. The van der Waals surface area contributed by atoms with Crippen molar-refractivity contribution in [1.29, 1.82) is 5.26 Å². The molecule has 1 fully saturated rings. The van der Waals surface area contributed by atoms with Crippen LogP contribution < -0.4 is 4.90 Å². The second kappa shape index (κ2) is 9.05. The van der Waals surface area contributed by atoms with E-state index in [9.17, 15) is 10.1 Å². The third kappa shape index (κ3) is 4.97. The number of carbonyl (C=O) groups is 1. The fraction of sp³-hybridized carbons (Fsp3) is 0.333. The van der Waals surface area contributed by atoms with E-state index in [-0.39, 0.29) is 0 Å². The van der Waals surface area contributed by atoms with E-state index in [1.165, 1.54) is 11.2 Å². The smallest absolute Gasteiger partial charge is 0.411 e. The molecule has 1 amide bonds. The summed E-state index contributed by atoms with van der Waals surface area (Å²) in [6, 6.07) is 12.8. The van der Waals surface area contributed by atoms with Gasteiger partial charge in [-0.3, -0.25) is 4.90 Å². The summed E-state index contributed by atoms with van der Waals surface area (Å²) in [5.41, 5.74) is 1.83. The molecule has 1 atom stereocenters. The average Bonchev–Trinajstić information content (AvgIpc) is 2.77. The number of aromatic nitrogens is 2. The highest BCUT2D eigenvalue weighted by Crippen LogP contribution is 2.35. The number of halogens is 2. The highest BCUT2D eigenvalue weighted by molar-refractivity contribution is 6.34. The van der Waals surface area contributed by atoms with E-state index in [1.54, 1.807) is 20.8 Å². The van der Waals surface area contributed by atoms with Gasteiger partial charge in [0.2, 0.25) is 0 Å². The molecule has 0 N–H and O–H groups in total. The van der Waals surface area contributed by atoms with Gasteiger partial charge in [0.05, 0.1) is 23.2 Å². The van der Waals surface area contributed by atoms with Crippen LogP contribution in [-0.4, -0.2) is 52.2 Å². The maximum atomic E-state index is 12.6. The lowest BCUT2D eigenvalue weighted by Gasteiger charge is -2.39. The van der Waals surface area contributed by atoms with Gasteiger partial charge in [0, 0.05) is 29.1 Å². The van der Waals surface area contributed by atoms with Crippen molar-refractivity contribution in [1.82, 2.24) is 14.9 Å². The second-order valence-corrected chi connectivity index (χ2v) is 9.66. The number of ether oxygens (including phenoxy) is 1. The van der Waals surface area contributed by atoms with E-state index in [0.717, 1.165) is 16.5 Å². The van der Waals surface area contributed by atoms with Gasteiger partial charge in [-0.15, -0.1) is 0 Å². The SMILES string of the molecule is CC(C)(C)OC(=O)N1CCN(c2ncnc3cc(Cl)c(-c4ccc(Cl)cc4)cc23)CC1C#N. The molecule has 2 heterocycles. The highest BCUT2D eigenvalue weighted by Gasteiger charge is 2.34. The number of benzene rings is 2. The third-order valence-electron chi connectivity index (χ3n) is 5.32. The predicted octanol–water partition coefficient (Wildman–Crippen LogP) is 5.55. The second-order valence-electron chi connectivity index (χ2n) is 8.82. The Morgan fingerprint density at radius 3 is 2.55 bits per heavy atom. The molecule has 4 rings (SSSR count). The Morgan fingerprint density at radius 1 is 1.15 bits per heavy atom. The summed E-state index contributed by atoms with van der Waals surface area (Å²) in [7, 11) is 0. The Labute approximate surface area is 202 Å². The maximum Gasteiger partial charge on any atom is 0.411 e. The molecule has 170 valence electrons. The van der Waals surface area contributed by atoms with Crippen molar-refractivity contribution in [3.63, 3.8) is 0 Å². The first-order valence-corrected chi connectivity index (χ1v) is 11.3. The van der Waals surface area contributed by atoms with Gasteiger partial charge in [-0.05, 0) is 50.6 Å². The first kappa shape index (κ1) is 23.1. The van der Waals surface area contributed by atoms with Crippen LogP contribution in [-0.2, 0) is 4.74 Å². The zero-order valence-corrected chi connectivity index (χ0v) is 20.1. The van der Waals surface area contributed by atoms with Crippen LogP contribution in [0.3, 0.4) is 0 Å². The van der Waals surface area contributed by atoms with Gasteiger partial charge in [0.1, 0.15) is 23.8 Å². The number of nitriles is 1. The third-order valence-corrected chi connectivity index (χ3v) is 5.88. The normalized spacial score (nSPS) is 16.5. The minimum absolute atomic E-state index is 0.306. The summed E-state index contributed by atoms with van der Waals surface area (Å²) in [5, 5.41) is 11.8. The number of hydrogen-bond donors (Lipinski definition) is 0. The molecular weight excluding hydrogens is 461 g/mol. The maximum absolute atomic E-state index is 12.6. The van der Waals surface area contributed by atoms with Crippen LogP contribution in [0.25, 0.3) is 22.0 Å². The Balaban J connectivity index is 1.67. The zero-order chi connectivity index (χ0) is 23.8. The quantitative estimate of drug-likeness (QED) is 0.474. The minimum atomic E-state index is -0.665. The van der Waals surface area contributed by atoms with E-state index in [0.29, 0.717) is 41.0 Å². The molecule has 1 saturated heterocycles. The molecular formula is C24H23Cl2N5O2. The average molecular weight is 484 g/mol. The number of nitrogens with zero attached hydrogens (tertiary/aromatic N) is 5. The van der Waals surface area contributed by atoms with Crippen LogP contribution in [0.15, 0.2) is 42.7 Å². The van der Waals surface area contributed by atoms with Gasteiger partial charge in [-0.25, -0.2) is 14.8 Å². The van der Waals surface area contributed by atoms with Gasteiger partial charge in [0.25, 0.3) is 0 Å². The van der Waals surface area contributed by atoms with Crippen LogP contribution in [0, 0.1) is 11.3 Å². The van der Waals surface area contributed by atoms with Gasteiger partial charge in [-0.1, -0.05) is 35.3 Å². The lowest BCUT2D eigenvalue weighted by molar-refractivity contribution is 0.0189. The Bertz CT molecular complexity index is 1230. The molecule has 1 unspecified atom stereocenters. The lowest BCUT2D eigenvalue weighted by Crippen LogP contribution is -2.56. The Kier molecular flexibility index (Phi) is 6.33. The molecule has 33 heavy (non-hydrogen) atoms. The monoisotopic (exact) mass is 483 g/mol. The van der Waals surface area contributed by atoms with E-state index in [4.69, 9.17) is 27.9 Å². The fourth-order valence-electron chi connectivity index (χ4n) is 3.79. The number of piperazine rings is 1. The summed E-state index contributed by atoms with van der Waals surface area (Å²) in [4.78, 5) is 24.9. The fourth-order valence-corrected chi connectivity index (χ4v) is 4.18. The van der Waals surface area contributed by atoms with Crippen molar-refractivity contribution in [2.75, 3.05) is 24.5 Å². The Morgan fingerprint density at radius 2 is 1.88 bits per heavy atom. The summed E-state index contributed by atoms with van der Waals surface area (Å²) in [6.45, 7) is 6.57. The summed E-state index contributed by atoms with van der Waals surface area (Å²) in [6.07, 6.45) is 0.996. The van der Waals surface area contributed by atoms with E-state index in [2.05, 4.69) is 16.0 Å². The number of hydrogen-bond acceptors (Lipinski definition) is 6. The molecule has 0 bridgehead atoms. The van der Waals surface area contributed by atoms with Gasteiger partial charge in [0.15, 0.2) is 0 Å². The van der Waals surface area contributed by atoms with Crippen molar-refractivity contribution in [2.45, 2.75) is 32.4 Å². The zero-order valence-electron chi connectivity index (χ0n) is 18.5. The van der Waals surface area contributed by atoms with Crippen LogP contribution in [0.4, 0.5) is 10.6 Å². The molecule has 9 heteroatoms. The summed E-state index contributed by atoms with van der Waals surface area (Å²) in [5.74, 6) is 0.691. The van der Waals surface area contributed by atoms with Crippen molar-refractivity contribution in [3.8, 4) is 17.2 Å². The lowest BCUT2D eigenvalue weighted by atomic mass is 10.0. The Hall–Kier alpha value is -3.08. The molecule has 0 spiro atoms. The largest absolute Gasteiger partial charge is 0.444 e. The van der Waals surface area contributed by atoms with Crippen LogP contribution in [0.2, 0.25) is 10.0 Å². The number of carbonyl (C=O) groups excluding carboxylic acids is 1. The number of fused-ring (bicyclic) bond motifs is 1. The highest BCUT2D eigenvalue weighted by atomic mass is 35.5. The molecule has 0 radical (unpaired) electrons. The summed E-state index contributed by atoms with van der Waals surface area (Å²) >= 11 is 12.6. The molecule has 3 aromatic rings. The van der Waals surface area contributed by atoms with Crippen molar-refractivity contribution in [3.05, 3.63) is 52.8 Å². The first-order valence-electron chi connectivity index (χ1n) is 10.5. The molecule has 2 aromatic carbocycles. The molecule has 7 nitrogen and oxygen atoms in total. The molecule has 0 aliphatic carbocycles. The molecule has 1 aliphatic rings. The van der Waals surface area contributed by atoms with Crippen molar-refractivity contribution < 1.29 is 9.53 Å². The minimum Gasteiger partial charge on any atom is -0.444 e. The number of amides is 1. The molecule has 1 aromatic heterocycles. The van der Waals surface area contributed by atoms with Crippen LogP contribution in [0.5, 0.6) is 0 Å². The van der Waals surface area contributed by atoms with Crippen molar-refractivity contribution >= 4 is 46.0 Å². The summed E-state index contributed by atoms with van der Waals surface area (Å²) < 4.78 is 5.47. The van der Waals surface area contributed by atoms with Crippen LogP contribution in [0.1, 0.15) is 20.8 Å². The van der Waals surface area contributed by atoms with Crippen molar-refractivity contribution in [2.24, 2.45) is 0 Å². The molecule has 0 saturated carbocycles. The van der Waals surface area contributed by atoms with E-state index >= 15 is 0 Å². The van der Waals surface area contributed by atoms with E-state index in [1.807, 2.05) is 41.3 Å². The van der Waals surface area contributed by atoms with Gasteiger partial charge >= 0.3 is 6.09 Å². The standard InChI is InChI=1S/C24H23Cl2N5O2/c1-24(2,3)33-23(32)31-9-8-30(13-17(31)12-27)22-19-10-18(15-4-6-16(25)7-5-15)20(26)11-21(19)28-14-29-22/h4-7,10-11,14,17H,8-9,13H2,1-3H3. The molecule has 1 aliphatic heterocycles. The van der Waals surface area contributed by atoms with Gasteiger partial charge in [-0.2, -0.15) is 5.26 Å². The number of rotatable bonds is 2.